The van der Waals surface area contributed by atoms with E-state index in [-0.39, 0.29) is 11.3 Å². The first-order valence-corrected chi connectivity index (χ1v) is 9.80. The number of nitriles is 2. The molecule has 2 aromatic carbocycles. The third kappa shape index (κ3) is 3.39. The number of aliphatic hydroxyl groups is 1. The number of nitrogens with zero attached hydrogens (tertiary/aromatic N) is 3. The van der Waals surface area contributed by atoms with Gasteiger partial charge in [0.25, 0.3) is 0 Å². The molecule has 1 unspecified atom stereocenters. The van der Waals surface area contributed by atoms with Gasteiger partial charge in [0.15, 0.2) is 6.17 Å². The summed E-state index contributed by atoms with van der Waals surface area (Å²) >= 11 is 0. The molecule has 11 heteroatoms. The van der Waals surface area contributed by atoms with Gasteiger partial charge in [0.1, 0.15) is 23.4 Å². The third-order valence-corrected chi connectivity index (χ3v) is 5.89. The minimum atomic E-state index is -4.27. The summed E-state index contributed by atoms with van der Waals surface area (Å²) < 4.78 is 77.7. The quantitative estimate of drug-likeness (QED) is 0.588. The maximum atomic E-state index is 14.6. The van der Waals surface area contributed by atoms with Crippen molar-refractivity contribution in [1.82, 2.24) is 0 Å². The Morgan fingerprint density at radius 1 is 1.24 bits per heavy atom. The Morgan fingerprint density at radius 2 is 1.93 bits per heavy atom. The molecule has 0 heterocycles. The van der Waals surface area contributed by atoms with Crippen molar-refractivity contribution in [3.05, 3.63) is 52.8 Å². The van der Waals surface area contributed by atoms with Crippen LogP contribution in [0.5, 0.6) is 11.5 Å². The maximum Gasteiger partial charge on any atom is 0.312 e. The highest BCUT2D eigenvalue weighted by molar-refractivity contribution is 7.93. The molecule has 1 N–H and O–H groups in total. The van der Waals surface area contributed by atoms with Gasteiger partial charge in [0, 0.05) is 23.4 Å². The molecular formula is C18H11F4N3O3S. The smallest absolute Gasteiger partial charge is 0.312 e. The molecule has 1 aliphatic rings. The Hall–Kier alpha value is -3.15. The molecule has 0 radical (unpaired) electrons. The Labute approximate surface area is 162 Å². The van der Waals surface area contributed by atoms with Gasteiger partial charge < -0.3 is 9.84 Å². The van der Waals surface area contributed by atoms with Crippen molar-refractivity contribution < 1.29 is 31.6 Å². The van der Waals surface area contributed by atoms with Gasteiger partial charge in [-0.2, -0.15) is 19.3 Å². The molecule has 0 bridgehead atoms. The second-order valence-corrected chi connectivity index (χ2v) is 8.44. The van der Waals surface area contributed by atoms with Crippen LogP contribution in [0.15, 0.2) is 39.6 Å². The van der Waals surface area contributed by atoms with Crippen molar-refractivity contribution in [2.75, 3.05) is 6.26 Å². The van der Waals surface area contributed by atoms with Gasteiger partial charge in [0.05, 0.1) is 26.3 Å². The van der Waals surface area contributed by atoms with E-state index in [1.807, 2.05) is 0 Å². The maximum absolute atomic E-state index is 14.6. The summed E-state index contributed by atoms with van der Waals surface area (Å²) in [5.41, 5.74) is -1.62. The second kappa shape index (κ2) is 7.03. The molecule has 0 aliphatic heterocycles. The van der Waals surface area contributed by atoms with Crippen LogP contribution in [0, 0.1) is 28.6 Å². The van der Waals surface area contributed by atoms with Crippen molar-refractivity contribution in [3.8, 4) is 23.8 Å². The van der Waals surface area contributed by atoms with E-state index in [0.29, 0.717) is 0 Å². The molecule has 29 heavy (non-hydrogen) atoms. The van der Waals surface area contributed by atoms with E-state index in [9.17, 15) is 26.9 Å². The average molecular weight is 425 g/mol. The zero-order valence-corrected chi connectivity index (χ0v) is 15.4. The van der Waals surface area contributed by atoms with Gasteiger partial charge in [-0.25, -0.2) is 13.0 Å². The number of halogens is 4. The number of hydrogen-bond donors (Lipinski definition) is 1. The fraction of sp³-hybridized carbons (Fsp3) is 0.222. The number of benzene rings is 2. The largest absolute Gasteiger partial charge is 0.457 e. The van der Waals surface area contributed by atoms with Gasteiger partial charge in [-0.1, -0.05) is 0 Å². The third-order valence-electron chi connectivity index (χ3n) is 4.29. The molecule has 150 valence electrons. The van der Waals surface area contributed by atoms with E-state index in [4.69, 9.17) is 15.3 Å². The summed E-state index contributed by atoms with van der Waals surface area (Å²) in [6.45, 7) is 0. The van der Waals surface area contributed by atoms with Gasteiger partial charge in [-0.15, -0.1) is 4.36 Å². The Morgan fingerprint density at radius 3 is 2.55 bits per heavy atom. The molecule has 0 spiro atoms. The zero-order chi connectivity index (χ0) is 21.6. The van der Waals surface area contributed by atoms with Crippen LogP contribution in [0.3, 0.4) is 0 Å². The summed E-state index contributed by atoms with van der Waals surface area (Å²) in [6.07, 6.45) is -3.41. The normalized spacial score (nSPS) is 21.4. The number of ether oxygens (including phenoxy) is 1. The average Bonchev–Trinajstić information content (AvgIpc) is 2.82. The summed E-state index contributed by atoms with van der Waals surface area (Å²) in [4.78, 5) is -0.439. The highest BCUT2D eigenvalue weighted by Gasteiger charge is 2.58. The Kier molecular flexibility index (Phi) is 4.99. The highest BCUT2D eigenvalue weighted by atomic mass is 32.2. The monoisotopic (exact) mass is 425 g/mol. The van der Waals surface area contributed by atoms with Crippen LogP contribution in [0.4, 0.5) is 17.6 Å². The van der Waals surface area contributed by atoms with Crippen molar-refractivity contribution >= 4 is 9.73 Å². The molecular weight excluding hydrogens is 414 g/mol. The summed E-state index contributed by atoms with van der Waals surface area (Å²) in [5.74, 6) is -5.88. The molecule has 3 rings (SSSR count). The molecule has 6 nitrogen and oxygen atoms in total. The topological polar surface area (TPSA) is 106 Å². The number of rotatable bonds is 3. The van der Waals surface area contributed by atoms with E-state index in [1.165, 1.54) is 6.19 Å². The molecule has 0 saturated heterocycles. The van der Waals surface area contributed by atoms with Crippen LogP contribution in [-0.4, -0.2) is 21.5 Å². The van der Waals surface area contributed by atoms with Crippen LogP contribution < -0.4 is 4.74 Å². The fourth-order valence-electron chi connectivity index (χ4n) is 3.02. The van der Waals surface area contributed by atoms with Crippen molar-refractivity contribution in [2.24, 2.45) is 4.36 Å². The number of hydrogen-bond acceptors (Lipinski definition) is 6. The van der Waals surface area contributed by atoms with Crippen LogP contribution in [0.2, 0.25) is 0 Å². The first kappa shape index (κ1) is 20.6. The van der Waals surface area contributed by atoms with Gasteiger partial charge in [-0.3, -0.25) is 0 Å². The lowest BCUT2D eigenvalue weighted by atomic mass is 10.1. The number of aliphatic hydroxyl groups excluding tert-OH is 1. The van der Waals surface area contributed by atoms with E-state index in [2.05, 4.69) is 4.36 Å². The first-order valence-electron chi connectivity index (χ1n) is 7.88. The summed E-state index contributed by atoms with van der Waals surface area (Å²) in [5, 5.41) is 27.6. The lowest BCUT2D eigenvalue weighted by Gasteiger charge is -2.16. The highest BCUT2D eigenvalue weighted by Crippen LogP contribution is 2.57. The Balaban J connectivity index is 2.25. The van der Waals surface area contributed by atoms with Crippen molar-refractivity contribution in [1.29, 1.82) is 10.5 Å². The molecule has 1 aliphatic carbocycles. The Bertz CT molecular complexity index is 1210. The zero-order valence-electron chi connectivity index (χ0n) is 14.6. The van der Waals surface area contributed by atoms with Crippen LogP contribution in [0.1, 0.15) is 29.0 Å². The van der Waals surface area contributed by atoms with E-state index in [1.54, 1.807) is 6.07 Å². The van der Waals surface area contributed by atoms with E-state index >= 15 is 0 Å². The lowest BCUT2D eigenvalue weighted by molar-refractivity contribution is -0.143. The number of alkyl halides is 3. The molecule has 0 aromatic heterocycles. The molecule has 0 saturated carbocycles. The summed E-state index contributed by atoms with van der Waals surface area (Å²) in [6, 6.07) is 6.57. The molecule has 0 amide bonds. The predicted molar refractivity (Wildman–Crippen MR) is 91.8 cm³/mol. The first-order chi connectivity index (χ1) is 13.5. The predicted octanol–water partition coefficient (Wildman–Crippen LogP) is 4.12. The van der Waals surface area contributed by atoms with E-state index < -0.39 is 55.5 Å². The molecule has 3 atom stereocenters. The molecule has 2 aromatic rings. The minimum absolute atomic E-state index is 0.125. The fourth-order valence-corrected chi connectivity index (χ4v) is 4.23. The van der Waals surface area contributed by atoms with Gasteiger partial charge in [-0.05, 0) is 24.3 Å². The minimum Gasteiger partial charge on any atom is -0.457 e. The second-order valence-electron chi connectivity index (χ2n) is 6.21. The van der Waals surface area contributed by atoms with Crippen LogP contribution >= 0.6 is 0 Å². The van der Waals surface area contributed by atoms with Crippen LogP contribution in [-0.2, 0) is 9.73 Å². The lowest BCUT2D eigenvalue weighted by Crippen LogP contribution is -2.24. The van der Waals surface area contributed by atoms with Gasteiger partial charge in [0.2, 0.25) is 6.19 Å². The standard InChI is InChI=1S/C18H11F4N3O3S/c1-29(27,25-8-24)13-3-2-12(14-15(13)17(26)18(21,22)16(14)20)28-11-5-9(7-23)4-10(19)6-11/h2-6,16-17,26H,1H3/t16-,17-,29?/m0/s1. The van der Waals surface area contributed by atoms with E-state index in [0.717, 1.165) is 36.6 Å². The van der Waals surface area contributed by atoms with Gasteiger partial charge >= 0.3 is 5.92 Å². The van der Waals surface area contributed by atoms with Crippen molar-refractivity contribution in [3.63, 3.8) is 0 Å². The number of fused-ring (bicyclic) bond motifs is 1. The molecule has 0 fully saturated rings. The van der Waals surface area contributed by atoms with Crippen LogP contribution in [0.25, 0.3) is 0 Å². The summed E-state index contributed by atoms with van der Waals surface area (Å²) in [7, 11) is -3.55. The van der Waals surface area contributed by atoms with Crippen molar-refractivity contribution in [2.45, 2.75) is 23.1 Å². The SMILES string of the molecule is CS(=O)(=NC#N)c1ccc(Oc2cc(F)cc(C#N)c2)c2c1[C@H](O)C(F)(F)[C@H]2F.